The Morgan fingerprint density at radius 1 is 1.24 bits per heavy atom. The SMILES string of the molecule is O=C(O)c1ccc(OC2CCCC(O)C2)cc1. The predicted molar refractivity (Wildman–Crippen MR) is 62.3 cm³/mol. The number of carboxylic acids is 1. The van der Waals surface area contributed by atoms with Crippen LogP contribution in [0.1, 0.15) is 36.0 Å². The molecule has 1 aliphatic carbocycles. The van der Waals surface area contributed by atoms with Crippen molar-refractivity contribution < 1.29 is 19.7 Å². The molecule has 0 aromatic heterocycles. The summed E-state index contributed by atoms with van der Waals surface area (Å²) in [4.78, 5) is 10.7. The van der Waals surface area contributed by atoms with Crippen LogP contribution in [0.2, 0.25) is 0 Å². The second-order valence-corrected chi connectivity index (χ2v) is 4.39. The Morgan fingerprint density at radius 3 is 2.53 bits per heavy atom. The zero-order valence-corrected chi connectivity index (χ0v) is 9.50. The first-order chi connectivity index (χ1) is 8.15. The molecule has 0 heterocycles. The summed E-state index contributed by atoms with van der Waals surface area (Å²) in [6.07, 6.45) is 3.18. The third-order valence-corrected chi connectivity index (χ3v) is 3.00. The standard InChI is InChI=1S/C13H16O4/c14-10-2-1-3-12(8-10)17-11-6-4-9(5-7-11)13(15)16/h4-7,10,12,14H,1-3,8H2,(H,15,16). The van der Waals surface area contributed by atoms with Crippen LogP contribution in [-0.2, 0) is 0 Å². The first-order valence-electron chi connectivity index (χ1n) is 5.83. The van der Waals surface area contributed by atoms with Crippen molar-refractivity contribution >= 4 is 5.97 Å². The van der Waals surface area contributed by atoms with Crippen molar-refractivity contribution in [3.63, 3.8) is 0 Å². The third kappa shape index (κ3) is 3.20. The first-order valence-corrected chi connectivity index (χ1v) is 5.83. The monoisotopic (exact) mass is 236 g/mol. The van der Waals surface area contributed by atoms with Crippen LogP contribution in [0.15, 0.2) is 24.3 Å². The average Bonchev–Trinajstić information content (AvgIpc) is 2.29. The molecule has 0 saturated heterocycles. The second-order valence-electron chi connectivity index (χ2n) is 4.39. The van der Waals surface area contributed by atoms with Gasteiger partial charge >= 0.3 is 5.97 Å². The molecule has 0 radical (unpaired) electrons. The zero-order chi connectivity index (χ0) is 12.3. The van der Waals surface area contributed by atoms with Crippen molar-refractivity contribution in [2.24, 2.45) is 0 Å². The molecule has 17 heavy (non-hydrogen) atoms. The summed E-state index contributed by atoms with van der Waals surface area (Å²) in [5.74, 6) is -0.279. The highest BCUT2D eigenvalue weighted by Gasteiger charge is 2.21. The average molecular weight is 236 g/mol. The van der Waals surface area contributed by atoms with Gasteiger partial charge in [0.05, 0.1) is 11.7 Å². The van der Waals surface area contributed by atoms with Crippen LogP contribution in [0, 0.1) is 0 Å². The van der Waals surface area contributed by atoms with E-state index in [0.29, 0.717) is 12.2 Å². The fourth-order valence-corrected chi connectivity index (χ4v) is 2.10. The lowest BCUT2D eigenvalue weighted by atomic mass is 9.95. The van der Waals surface area contributed by atoms with Crippen LogP contribution in [0.5, 0.6) is 5.75 Å². The molecule has 1 fully saturated rings. The largest absolute Gasteiger partial charge is 0.490 e. The van der Waals surface area contributed by atoms with E-state index in [0.717, 1.165) is 19.3 Å². The minimum Gasteiger partial charge on any atom is -0.490 e. The van der Waals surface area contributed by atoms with Crippen LogP contribution < -0.4 is 4.74 Å². The smallest absolute Gasteiger partial charge is 0.335 e. The Kier molecular flexibility index (Phi) is 3.64. The Bertz CT molecular complexity index is 385. The number of rotatable bonds is 3. The molecule has 0 aliphatic heterocycles. The van der Waals surface area contributed by atoms with E-state index in [4.69, 9.17) is 9.84 Å². The van der Waals surface area contributed by atoms with E-state index in [9.17, 15) is 9.90 Å². The van der Waals surface area contributed by atoms with Gasteiger partial charge in [0.15, 0.2) is 0 Å². The summed E-state index contributed by atoms with van der Waals surface area (Å²) in [6, 6.07) is 6.36. The molecule has 2 atom stereocenters. The molecule has 2 rings (SSSR count). The van der Waals surface area contributed by atoms with E-state index < -0.39 is 5.97 Å². The van der Waals surface area contributed by atoms with Gasteiger partial charge < -0.3 is 14.9 Å². The van der Waals surface area contributed by atoms with E-state index in [2.05, 4.69) is 0 Å². The van der Waals surface area contributed by atoms with Crippen molar-refractivity contribution in [2.75, 3.05) is 0 Å². The molecule has 1 aromatic rings. The lowest BCUT2D eigenvalue weighted by Crippen LogP contribution is -2.28. The highest BCUT2D eigenvalue weighted by Crippen LogP contribution is 2.23. The minimum atomic E-state index is -0.940. The van der Waals surface area contributed by atoms with Gasteiger partial charge in [0.2, 0.25) is 0 Å². The Balaban J connectivity index is 1.96. The molecule has 4 heteroatoms. The first kappa shape index (κ1) is 11.9. The fourth-order valence-electron chi connectivity index (χ4n) is 2.10. The molecule has 0 spiro atoms. The molecule has 1 aliphatic rings. The number of carboxylic acid groups (broad SMARTS) is 1. The van der Waals surface area contributed by atoms with Crippen molar-refractivity contribution in [3.05, 3.63) is 29.8 Å². The van der Waals surface area contributed by atoms with Crippen LogP contribution in [0.4, 0.5) is 0 Å². The third-order valence-electron chi connectivity index (χ3n) is 3.00. The maximum Gasteiger partial charge on any atom is 0.335 e. The van der Waals surface area contributed by atoms with Crippen molar-refractivity contribution in [1.82, 2.24) is 0 Å². The Morgan fingerprint density at radius 2 is 1.94 bits per heavy atom. The molecule has 2 unspecified atom stereocenters. The molecular weight excluding hydrogens is 220 g/mol. The van der Waals surface area contributed by atoms with Crippen LogP contribution in [0.25, 0.3) is 0 Å². The summed E-state index contributed by atoms with van der Waals surface area (Å²) in [5.41, 5.74) is 0.251. The molecular formula is C13H16O4. The van der Waals surface area contributed by atoms with Gasteiger partial charge in [0.25, 0.3) is 0 Å². The Hall–Kier alpha value is -1.55. The molecule has 1 saturated carbocycles. The van der Waals surface area contributed by atoms with Gasteiger partial charge in [-0.1, -0.05) is 0 Å². The number of aliphatic hydroxyl groups is 1. The number of carbonyl (C=O) groups is 1. The summed E-state index contributed by atoms with van der Waals surface area (Å²) in [6.45, 7) is 0. The molecule has 0 amide bonds. The molecule has 92 valence electrons. The van der Waals surface area contributed by atoms with Gasteiger partial charge in [-0.2, -0.15) is 0 Å². The highest BCUT2D eigenvalue weighted by molar-refractivity contribution is 5.87. The minimum absolute atomic E-state index is 0.0365. The van der Waals surface area contributed by atoms with Gasteiger partial charge in [-0.25, -0.2) is 4.79 Å². The second kappa shape index (κ2) is 5.19. The van der Waals surface area contributed by atoms with Gasteiger partial charge in [0.1, 0.15) is 11.9 Å². The maximum atomic E-state index is 10.7. The van der Waals surface area contributed by atoms with Crippen molar-refractivity contribution in [1.29, 1.82) is 0 Å². The quantitative estimate of drug-likeness (QED) is 0.843. The fraction of sp³-hybridized carbons (Fsp3) is 0.462. The van der Waals surface area contributed by atoms with E-state index in [1.54, 1.807) is 12.1 Å². The van der Waals surface area contributed by atoms with Gasteiger partial charge in [-0.15, -0.1) is 0 Å². The van der Waals surface area contributed by atoms with Gasteiger partial charge in [-0.3, -0.25) is 0 Å². The molecule has 1 aromatic carbocycles. The number of hydrogen-bond acceptors (Lipinski definition) is 3. The number of hydrogen-bond donors (Lipinski definition) is 2. The lowest BCUT2D eigenvalue weighted by Gasteiger charge is -2.26. The summed E-state index contributed by atoms with van der Waals surface area (Å²) < 4.78 is 5.71. The number of ether oxygens (including phenoxy) is 1. The highest BCUT2D eigenvalue weighted by atomic mass is 16.5. The predicted octanol–water partition coefficient (Wildman–Crippen LogP) is 2.07. The van der Waals surface area contributed by atoms with E-state index >= 15 is 0 Å². The molecule has 0 bridgehead atoms. The zero-order valence-electron chi connectivity index (χ0n) is 9.50. The van der Waals surface area contributed by atoms with E-state index in [1.165, 1.54) is 12.1 Å². The van der Waals surface area contributed by atoms with E-state index in [-0.39, 0.29) is 17.8 Å². The van der Waals surface area contributed by atoms with E-state index in [1.807, 2.05) is 0 Å². The lowest BCUT2D eigenvalue weighted by molar-refractivity contribution is 0.0536. The number of aromatic carboxylic acids is 1. The summed E-state index contributed by atoms with van der Waals surface area (Å²) in [5, 5.41) is 18.3. The number of aliphatic hydroxyl groups excluding tert-OH is 1. The maximum absolute atomic E-state index is 10.7. The molecule has 2 N–H and O–H groups in total. The van der Waals surface area contributed by atoms with Crippen molar-refractivity contribution in [2.45, 2.75) is 37.9 Å². The summed E-state index contributed by atoms with van der Waals surface area (Å²) >= 11 is 0. The van der Waals surface area contributed by atoms with Crippen molar-refractivity contribution in [3.8, 4) is 5.75 Å². The summed E-state index contributed by atoms with van der Waals surface area (Å²) in [7, 11) is 0. The van der Waals surface area contributed by atoms with Crippen LogP contribution in [-0.4, -0.2) is 28.4 Å². The van der Waals surface area contributed by atoms with Gasteiger partial charge in [0, 0.05) is 6.42 Å². The molecule has 4 nitrogen and oxygen atoms in total. The normalized spacial score (nSPS) is 24.3. The number of benzene rings is 1. The van der Waals surface area contributed by atoms with Crippen LogP contribution >= 0.6 is 0 Å². The topological polar surface area (TPSA) is 66.8 Å². The van der Waals surface area contributed by atoms with Crippen LogP contribution in [0.3, 0.4) is 0 Å². The van der Waals surface area contributed by atoms with Gasteiger partial charge in [-0.05, 0) is 43.5 Å². The Labute approximate surface area is 99.8 Å².